The summed E-state index contributed by atoms with van der Waals surface area (Å²) in [6.07, 6.45) is 0. The summed E-state index contributed by atoms with van der Waals surface area (Å²) in [6.45, 7) is 2.55. The Kier molecular flexibility index (Phi) is 5.69. The molecular weight excluding hydrogens is 223 g/mol. The number of hydrogen-bond acceptors (Lipinski definition) is 3. The molecule has 0 fully saturated rings. The van der Waals surface area contributed by atoms with Gasteiger partial charge in [0, 0.05) is 12.2 Å². The van der Waals surface area contributed by atoms with E-state index in [1.54, 1.807) is 12.1 Å². The Morgan fingerprint density at radius 1 is 1.50 bits per heavy atom. The number of benzene rings is 1. The second-order valence-electron chi connectivity index (χ2n) is 2.84. The summed E-state index contributed by atoms with van der Waals surface area (Å²) in [4.78, 5) is 0. The fourth-order valence-electron chi connectivity index (χ4n) is 1.07. The van der Waals surface area contributed by atoms with E-state index in [-0.39, 0.29) is 19.0 Å². The molecule has 0 unspecified atom stereocenters. The van der Waals surface area contributed by atoms with Gasteiger partial charge in [-0.05, 0) is 24.6 Å². The van der Waals surface area contributed by atoms with Crippen LogP contribution in [0.1, 0.15) is 5.56 Å². The highest BCUT2D eigenvalue weighted by Crippen LogP contribution is 2.26. The van der Waals surface area contributed by atoms with Gasteiger partial charge in [-0.3, -0.25) is 0 Å². The molecule has 0 aliphatic carbocycles. The zero-order valence-electron chi connectivity index (χ0n) is 7.88. The molecule has 1 aromatic rings. The Bertz CT molecular complexity index is 305. The van der Waals surface area contributed by atoms with Crippen molar-refractivity contribution >= 4 is 35.4 Å². The Hall–Kier alpha value is -0.640. The zero-order chi connectivity index (χ0) is 9.84. The molecule has 3 nitrogen and oxygen atoms in total. The molecule has 0 atom stereocenters. The Balaban J connectivity index is 0.00000169. The fraction of sp³-hybridized carbons (Fsp3) is 0.333. The van der Waals surface area contributed by atoms with Crippen LogP contribution in [0.3, 0.4) is 0 Å². The van der Waals surface area contributed by atoms with Crippen LogP contribution in [0.5, 0.6) is 0 Å². The lowest BCUT2D eigenvalue weighted by molar-refractivity contribution is 0.311. The van der Waals surface area contributed by atoms with Gasteiger partial charge in [0.1, 0.15) is 0 Å². The highest BCUT2D eigenvalue weighted by molar-refractivity contribution is 6.33. The number of aryl methyl sites for hydroxylation is 1. The predicted molar refractivity (Wildman–Crippen MR) is 63.4 cm³/mol. The number of nitrogens with one attached hydrogen (secondary N) is 1. The molecule has 0 aliphatic rings. The van der Waals surface area contributed by atoms with E-state index < -0.39 is 0 Å². The van der Waals surface area contributed by atoms with E-state index in [4.69, 9.17) is 22.4 Å². The van der Waals surface area contributed by atoms with Crippen molar-refractivity contribution in [3.8, 4) is 0 Å². The van der Waals surface area contributed by atoms with Crippen molar-refractivity contribution < 1.29 is 5.11 Å². The molecule has 0 bridgehead atoms. The Morgan fingerprint density at radius 2 is 2.14 bits per heavy atom. The van der Waals surface area contributed by atoms with Crippen molar-refractivity contribution in [2.75, 3.05) is 24.2 Å². The molecule has 14 heavy (non-hydrogen) atoms. The molecular formula is C9H14Cl2N2O. The van der Waals surface area contributed by atoms with Crippen LogP contribution in [-0.2, 0) is 0 Å². The Morgan fingerprint density at radius 3 is 2.71 bits per heavy atom. The van der Waals surface area contributed by atoms with Gasteiger partial charge in [0.25, 0.3) is 0 Å². The maximum absolute atomic E-state index is 8.62. The molecule has 0 spiro atoms. The number of halogens is 2. The summed E-state index contributed by atoms with van der Waals surface area (Å²) in [5.74, 6) is 0. The van der Waals surface area contributed by atoms with Gasteiger partial charge < -0.3 is 16.2 Å². The highest BCUT2D eigenvalue weighted by Gasteiger charge is 2.02. The summed E-state index contributed by atoms with van der Waals surface area (Å²) in [5, 5.41) is 12.2. The van der Waals surface area contributed by atoms with Crippen molar-refractivity contribution in [3.05, 3.63) is 22.7 Å². The van der Waals surface area contributed by atoms with Crippen molar-refractivity contribution in [1.82, 2.24) is 0 Å². The maximum atomic E-state index is 8.62. The lowest BCUT2D eigenvalue weighted by atomic mass is 10.2. The standard InChI is InChI=1S/C9H13ClN2O.ClH/c1-6-4-7(10)8(11)5-9(6)12-2-3-13;/h4-5,12-13H,2-3,11H2,1H3;1H. The normalized spacial score (nSPS) is 9.36. The molecule has 0 amide bonds. The number of aliphatic hydroxyl groups is 1. The van der Waals surface area contributed by atoms with Crippen LogP contribution >= 0.6 is 24.0 Å². The average Bonchev–Trinajstić information content (AvgIpc) is 2.09. The molecule has 0 saturated carbocycles. The zero-order valence-corrected chi connectivity index (χ0v) is 9.45. The van der Waals surface area contributed by atoms with Crippen LogP contribution < -0.4 is 11.1 Å². The summed E-state index contributed by atoms with van der Waals surface area (Å²) < 4.78 is 0. The van der Waals surface area contributed by atoms with E-state index in [2.05, 4.69) is 5.32 Å². The minimum Gasteiger partial charge on any atom is -0.397 e. The summed E-state index contributed by atoms with van der Waals surface area (Å²) >= 11 is 5.82. The van der Waals surface area contributed by atoms with E-state index in [1.165, 1.54) is 0 Å². The number of nitrogen functional groups attached to an aromatic ring is 1. The number of aliphatic hydroxyl groups excluding tert-OH is 1. The molecule has 4 N–H and O–H groups in total. The van der Waals surface area contributed by atoms with Gasteiger partial charge in [0.05, 0.1) is 17.3 Å². The first-order chi connectivity index (χ1) is 6.15. The Labute approximate surface area is 94.7 Å². The van der Waals surface area contributed by atoms with Crippen molar-refractivity contribution in [3.63, 3.8) is 0 Å². The molecule has 0 radical (unpaired) electrons. The molecule has 0 aliphatic heterocycles. The van der Waals surface area contributed by atoms with Crippen LogP contribution in [0, 0.1) is 6.92 Å². The number of hydrogen-bond donors (Lipinski definition) is 3. The second kappa shape index (κ2) is 5.96. The van der Waals surface area contributed by atoms with Gasteiger partial charge in [0.2, 0.25) is 0 Å². The third-order valence-corrected chi connectivity index (χ3v) is 2.10. The summed E-state index contributed by atoms with van der Waals surface area (Å²) in [6, 6.07) is 3.57. The topological polar surface area (TPSA) is 58.3 Å². The fourth-order valence-corrected chi connectivity index (χ4v) is 1.29. The lowest BCUT2D eigenvalue weighted by Gasteiger charge is -2.09. The van der Waals surface area contributed by atoms with E-state index >= 15 is 0 Å². The highest BCUT2D eigenvalue weighted by atomic mass is 35.5. The van der Waals surface area contributed by atoms with Gasteiger partial charge in [0.15, 0.2) is 0 Å². The molecule has 1 rings (SSSR count). The van der Waals surface area contributed by atoms with E-state index in [9.17, 15) is 0 Å². The van der Waals surface area contributed by atoms with Gasteiger partial charge in [-0.1, -0.05) is 11.6 Å². The number of rotatable bonds is 3. The first-order valence-electron chi connectivity index (χ1n) is 4.05. The van der Waals surface area contributed by atoms with Crippen molar-refractivity contribution in [2.24, 2.45) is 0 Å². The van der Waals surface area contributed by atoms with Gasteiger partial charge in [-0.15, -0.1) is 12.4 Å². The monoisotopic (exact) mass is 236 g/mol. The minimum absolute atomic E-state index is 0. The minimum atomic E-state index is 0. The molecule has 5 heteroatoms. The first-order valence-corrected chi connectivity index (χ1v) is 4.43. The molecule has 0 saturated heterocycles. The number of anilines is 2. The van der Waals surface area contributed by atoms with Crippen molar-refractivity contribution in [1.29, 1.82) is 0 Å². The van der Waals surface area contributed by atoms with Crippen LogP contribution in [0.25, 0.3) is 0 Å². The van der Waals surface area contributed by atoms with Gasteiger partial charge in [-0.2, -0.15) is 0 Å². The quantitative estimate of drug-likeness (QED) is 0.705. The molecule has 0 heterocycles. The average molecular weight is 237 g/mol. The SMILES string of the molecule is Cc1cc(Cl)c(N)cc1NCCO.Cl. The van der Waals surface area contributed by atoms with E-state index in [0.29, 0.717) is 17.3 Å². The van der Waals surface area contributed by atoms with E-state index in [1.807, 2.05) is 6.92 Å². The molecule has 0 aromatic heterocycles. The second-order valence-corrected chi connectivity index (χ2v) is 3.25. The smallest absolute Gasteiger partial charge is 0.0639 e. The summed E-state index contributed by atoms with van der Waals surface area (Å²) in [5.41, 5.74) is 8.11. The van der Waals surface area contributed by atoms with Crippen LogP contribution in [0.15, 0.2) is 12.1 Å². The number of nitrogens with two attached hydrogens (primary N) is 1. The van der Waals surface area contributed by atoms with Crippen LogP contribution in [0.4, 0.5) is 11.4 Å². The van der Waals surface area contributed by atoms with Crippen LogP contribution in [0.2, 0.25) is 5.02 Å². The predicted octanol–water partition coefficient (Wildman–Crippen LogP) is 2.06. The van der Waals surface area contributed by atoms with Gasteiger partial charge >= 0.3 is 0 Å². The van der Waals surface area contributed by atoms with E-state index in [0.717, 1.165) is 11.3 Å². The maximum Gasteiger partial charge on any atom is 0.0639 e. The third-order valence-electron chi connectivity index (χ3n) is 1.77. The van der Waals surface area contributed by atoms with Crippen LogP contribution in [-0.4, -0.2) is 18.3 Å². The molecule has 1 aromatic carbocycles. The largest absolute Gasteiger partial charge is 0.397 e. The van der Waals surface area contributed by atoms with Gasteiger partial charge in [-0.25, -0.2) is 0 Å². The first kappa shape index (κ1) is 13.4. The lowest BCUT2D eigenvalue weighted by Crippen LogP contribution is -2.07. The van der Waals surface area contributed by atoms with Crippen molar-refractivity contribution in [2.45, 2.75) is 6.92 Å². The molecule has 80 valence electrons. The summed E-state index contributed by atoms with van der Waals surface area (Å²) in [7, 11) is 0. The third kappa shape index (κ3) is 3.25.